The molecule has 0 fully saturated rings. The summed E-state index contributed by atoms with van der Waals surface area (Å²) in [6.07, 6.45) is 0. The fraction of sp³-hybridized carbons (Fsp3) is 0.357. The first-order valence-corrected chi connectivity index (χ1v) is 6.74. The summed E-state index contributed by atoms with van der Waals surface area (Å²) in [6, 6.07) is 7.91. The van der Waals surface area contributed by atoms with Crippen molar-refractivity contribution in [3.63, 3.8) is 0 Å². The van der Waals surface area contributed by atoms with Crippen LogP contribution < -0.4 is 10.6 Å². The van der Waals surface area contributed by atoms with Crippen LogP contribution in [0.2, 0.25) is 5.28 Å². The standard InChI is InChI=1S/C14H18ClN5/c1-9-7-5-6-8-10(9)16-12-17-11(15)18-13(19-12)20-14(2,3)4/h5-8H,1-4H3,(H2,16,17,18,19,20). The third kappa shape index (κ3) is 4.06. The minimum absolute atomic E-state index is 0.148. The van der Waals surface area contributed by atoms with Gasteiger partial charge in [-0.15, -0.1) is 0 Å². The number of halogens is 1. The van der Waals surface area contributed by atoms with Gasteiger partial charge in [0.05, 0.1) is 0 Å². The molecule has 0 atom stereocenters. The zero-order valence-corrected chi connectivity index (χ0v) is 12.8. The second-order valence-electron chi connectivity index (χ2n) is 5.57. The first kappa shape index (κ1) is 14.5. The Morgan fingerprint density at radius 1 is 1.00 bits per heavy atom. The minimum Gasteiger partial charge on any atom is -0.349 e. The molecular weight excluding hydrogens is 274 g/mol. The molecule has 20 heavy (non-hydrogen) atoms. The van der Waals surface area contributed by atoms with E-state index >= 15 is 0 Å². The lowest BCUT2D eigenvalue weighted by molar-refractivity contribution is 0.625. The van der Waals surface area contributed by atoms with Crippen LogP contribution in [-0.2, 0) is 0 Å². The number of hydrogen-bond donors (Lipinski definition) is 2. The lowest BCUT2D eigenvalue weighted by Gasteiger charge is -2.20. The van der Waals surface area contributed by atoms with Crippen LogP contribution in [0.3, 0.4) is 0 Å². The molecule has 1 aromatic carbocycles. The molecule has 0 unspecified atom stereocenters. The number of aromatic nitrogens is 3. The van der Waals surface area contributed by atoms with Crippen LogP contribution in [0.1, 0.15) is 26.3 Å². The number of benzene rings is 1. The van der Waals surface area contributed by atoms with E-state index in [2.05, 4.69) is 25.6 Å². The molecule has 6 heteroatoms. The van der Waals surface area contributed by atoms with E-state index in [0.29, 0.717) is 11.9 Å². The van der Waals surface area contributed by atoms with Crippen LogP contribution in [0.25, 0.3) is 0 Å². The van der Waals surface area contributed by atoms with Crippen molar-refractivity contribution in [1.29, 1.82) is 0 Å². The third-order valence-corrected chi connectivity index (χ3v) is 2.66. The molecule has 2 aromatic rings. The Balaban J connectivity index is 2.27. The van der Waals surface area contributed by atoms with E-state index in [1.54, 1.807) is 0 Å². The zero-order valence-electron chi connectivity index (χ0n) is 12.0. The molecule has 5 nitrogen and oxygen atoms in total. The van der Waals surface area contributed by atoms with Gasteiger partial charge in [-0.2, -0.15) is 15.0 Å². The highest BCUT2D eigenvalue weighted by Gasteiger charge is 2.13. The fourth-order valence-electron chi connectivity index (χ4n) is 1.63. The molecule has 0 radical (unpaired) electrons. The van der Waals surface area contributed by atoms with Crippen LogP contribution in [0, 0.1) is 6.92 Å². The van der Waals surface area contributed by atoms with E-state index in [0.717, 1.165) is 11.3 Å². The van der Waals surface area contributed by atoms with Gasteiger partial charge in [0.2, 0.25) is 17.2 Å². The lowest BCUT2D eigenvalue weighted by Crippen LogP contribution is -2.27. The van der Waals surface area contributed by atoms with Gasteiger partial charge in [0, 0.05) is 11.2 Å². The van der Waals surface area contributed by atoms with Gasteiger partial charge in [-0.1, -0.05) is 18.2 Å². The molecule has 106 valence electrons. The summed E-state index contributed by atoms with van der Waals surface area (Å²) in [5.41, 5.74) is 1.90. The van der Waals surface area contributed by atoms with Crippen LogP contribution in [0.5, 0.6) is 0 Å². The molecule has 0 aliphatic rings. The van der Waals surface area contributed by atoms with Crippen molar-refractivity contribution in [3.05, 3.63) is 35.1 Å². The number of para-hydroxylation sites is 1. The van der Waals surface area contributed by atoms with Crippen molar-refractivity contribution in [1.82, 2.24) is 15.0 Å². The van der Waals surface area contributed by atoms with Gasteiger partial charge in [-0.05, 0) is 50.9 Å². The van der Waals surface area contributed by atoms with Gasteiger partial charge >= 0.3 is 0 Å². The summed E-state index contributed by atoms with van der Waals surface area (Å²) in [6.45, 7) is 8.09. The molecule has 2 rings (SSSR count). The van der Waals surface area contributed by atoms with Crippen LogP contribution in [0.15, 0.2) is 24.3 Å². The van der Waals surface area contributed by atoms with Crippen LogP contribution >= 0.6 is 11.6 Å². The molecule has 0 aliphatic carbocycles. The highest BCUT2D eigenvalue weighted by molar-refractivity contribution is 6.28. The van der Waals surface area contributed by atoms with Crippen molar-refractivity contribution in [2.75, 3.05) is 10.6 Å². The van der Waals surface area contributed by atoms with Crippen LogP contribution in [0.4, 0.5) is 17.6 Å². The number of aryl methyl sites for hydroxylation is 1. The zero-order chi connectivity index (χ0) is 14.8. The summed E-state index contributed by atoms with van der Waals surface area (Å²) >= 11 is 5.94. The van der Waals surface area contributed by atoms with Gasteiger partial charge < -0.3 is 10.6 Å². The van der Waals surface area contributed by atoms with E-state index in [-0.39, 0.29) is 10.8 Å². The van der Waals surface area contributed by atoms with Crippen molar-refractivity contribution in [3.8, 4) is 0 Å². The largest absolute Gasteiger partial charge is 0.349 e. The predicted molar refractivity (Wildman–Crippen MR) is 82.7 cm³/mol. The number of hydrogen-bond acceptors (Lipinski definition) is 5. The fourth-order valence-corrected chi connectivity index (χ4v) is 1.79. The maximum Gasteiger partial charge on any atom is 0.233 e. The number of nitrogens with one attached hydrogen (secondary N) is 2. The SMILES string of the molecule is Cc1ccccc1Nc1nc(Cl)nc(NC(C)(C)C)n1. The van der Waals surface area contributed by atoms with Gasteiger partial charge in [-0.25, -0.2) is 0 Å². The molecule has 0 aliphatic heterocycles. The van der Waals surface area contributed by atoms with Crippen molar-refractivity contribution in [2.24, 2.45) is 0 Å². The monoisotopic (exact) mass is 291 g/mol. The smallest absolute Gasteiger partial charge is 0.233 e. The molecular formula is C14H18ClN5. The quantitative estimate of drug-likeness (QED) is 0.901. The molecule has 1 aromatic heterocycles. The Labute approximate surface area is 123 Å². The maximum absolute atomic E-state index is 5.94. The summed E-state index contributed by atoms with van der Waals surface area (Å²) in [4.78, 5) is 12.5. The van der Waals surface area contributed by atoms with E-state index in [4.69, 9.17) is 11.6 Å². The average Bonchev–Trinajstić information content (AvgIpc) is 2.29. The molecule has 0 bridgehead atoms. The van der Waals surface area contributed by atoms with Crippen molar-refractivity contribution in [2.45, 2.75) is 33.2 Å². The Morgan fingerprint density at radius 3 is 2.30 bits per heavy atom. The third-order valence-electron chi connectivity index (χ3n) is 2.49. The topological polar surface area (TPSA) is 62.7 Å². The van der Waals surface area contributed by atoms with E-state index < -0.39 is 0 Å². The van der Waals surface area contributed by atoms with Gasteiger partial charge in [0.1, 0.15) is 0 Å². The first-order chi connectivity index (χ1) is 9.33. The molecule has 0 saturated carbocycles. The van der Waals surface area contributed by atoms with Gasteiger partial charge in [-0.3, -0.25) is 0 Å². The van der Waals surface area contributed by atoms with Gasteiger partial charge in [0.15, 0.2) is 0 Å². The maximum atomic E-state index is 5.94. The number of rotatable bonds is 3. The average molecular weight is 292 g/mol. The van der Waals surface area contributed by atoms with E-state index in [1.807, 2.05) is 52.0 Å². The predicted octanol–water partition coefficient (Wildman–Crippen LogP) is 3.79. The van der Waals surface area contributed by atoms with E-state index in [1.165, 1.54) is 0 Å². The second-order valence-corrected chi connectivity index (χ2v) is 5.90. The summed E-state index contributed by atoms with van der Waals surface area (Å²) < 4.78 is 0. The Bertz CT molecular complexity index is 607. The molecule has 0 amide bonds. The molecule has 0 spiro atoms. The molecule has 1 heterocycles. The first-order valence-electron chi connectivity index (χ1n) is 6.36. The summed E-state index contributed by atoms with van der Waals surface area (Å²) in [5.74, 6) is 0.875. The summed E-state index contributed by atoms with van der Waals surface area (Å²) in [7, 11) is 0. The minimum atomic E-state index is -0.148. The highest BCUT2D eigenvalue weighted by Crippen LogP contribution is 2.20. The van der Waals surface area contributed by atoms with E-state index in [9.17, 15) is 0 Å². The lowest BCUT2D eigenvalue weighted by atomic mass is 10.1. The van der Waals surface area contributed by atoms with Crippen molar-refractivity contribution >= 4 is 29.2 Å². The Kier molecular flexibility index (Phi) is 4.09. The molecule has 0 saturated heterocycles. The second kappa shape index (κ2) is 5.63. The summed E-state index contributed by atoms with van der Waals surface area (Å²) in [5, 5.41) is 6.48. The van der Waals surface area contributed by atoms with Crippen molar-refractivity contribution < 1.29 is 0 Å². The van der Waals surface area contributed by atoms with Crippen LogP contribution in [-0.4, -0.2) is 20.5 Å². The highest BCUT2D eigenvalue weighted by atomic mass is 35.5. The number of anilines is 3. The molecule has 2 N–H and O–H groups in total. The Hall–Kier alpha value is -1.88. The normalized spacial score (nSPS) is 11.2. The number of nitrogens with zero attached hydrogens (tertiary/aromatic N) is 3. The Morgan fingerprint density at radius 2 is 1.65 bits per heavy atom. The van der Waals surface area contributed by atoms with Gasteiger partial charge in [0.25, 0.3) is 0 Å².